The number of ether oxygens (including phenoxy) is 2. The normalized spacial score (nSPS) is 10.0. The Morgan fingerprint density at radius 2 is 1.90 bits per heavy atom. The minimum Gasteiger partial charge on any atom is -0.489 e. The predicted molar refractivity (Wildman–Crippen MR) is 82.5 cm³/mol. The van der Waals surface area contributed by atoms with Gasteiger partial charge in [-0.3, -0.25) is 4.79 Å². The molecular weight excluding hydrogens is 266 g/mol. The van der Waals surface area contributed by atoms with Crippen molar-refractivity contribution in [2.45, 2.75) is 13.5 Å². The zero-order valence-electron chi connectivity index (χ0n) is 12.3. The number of nitrogens with one attached hydrogen (secondary N) is 1. The van der Waals surface area contributed by atoms with Crippen LogP contribution in [0.5, 0.6) is 5.75 Å². The molecule has 0 aliphatic rings. The maximum absolute atomic E-state index is 11.1. The third-order valence-corrected chi connectivity index (χ3v) is 3.02. The van der Waals surface area contributed by atoms with Gasteiger partial charge in [0.2, 0.25) is 0 Å². The van der Waals surface area contributed by atoms with Crippen LogP contribution in [-0.4, -0.2) is 19.6 Å². The van der Waals surface area contributed by atoms with Gasteiger partial charge in [-0.05, 0) is 24.6 Å². The third-order valence-electron chi connectivity index (χ3n) is 3.02. The van der Waals surface area contributed by atoms with E-state index in [9.17, 15) is 4.79 Å². The van der Waals surface area contributed by atoms with Gasteiger partial charge < -0.3 is 14.8 Å². The standard InChI is InChI=1S/C17H19NO3/c1-13-6-8-14(9-7-13)12-21-16-5-3-4-15(10-16)18-11-17(19)20-2/h3-10,18H,11-12H2,1-2H3. The molecule has 0 radical (unpaired) electrons. The predicted octanol–water partition coefficient (Wildman–Crippen LogP) is 3.16. The molecule has 0 heterocycles. The number of aryl methyl sites for hydroxylation is 1. The Kier molecular flexibility index (Phi) is 5.21. The first-order valence-corrected chi connectivity index (χ1v) is 6.76. The molecule has 0 saturated carbocycles. The molecule has 1 N–H and O–H groups in total. The number of anilines is 1. The highest BCUT2D eigenvalue weighted by molar-refractivity contribution is 5.74. The summed E-state index contributed by atoms with van der Waals surface area (Å²) in [4.78, 5) is 11.1. The summed E-state index contributed by atoms with van der Waals surface area (Å²) in [7, 11) is 1.37. The SMILES string of the molecule is COC(=O)CNc1cccc(OCc2ccc(C)cc2)c1. The molecule has 0 amide bonds. The topological polar surface area (TPSA) is 47.6 Å². The van der Waals surface area contributed by atoms with Crippen LogP contribution in [-0.2, 0) is 16.1 Å². The van der Waals surface area contributed by atoms with Crippen molar-refractivity contribution in [2.24, 2.45) is 0 Å². The Labute approximate surface area is 124 Å². The minimum atomic E-state index is -0.305. The molecule has 2 aromatic rings. The van der Waals surface area contributed by atoms with Gasteiger partial charge in [0.25, 0.3) is 0 Å². The average Bonchev–Trinajstić information content (AvgIpc) is 2.52. The average molecular weight is 285 g/mol. The van der Waals surface area contributed by atoms with E-state index in [1.807, 2.05) is 24.3 Å². The molecule has 21 heavy (non-hydrogen) atoms. The summed E-state index contributed by atoms with van der Waals surface area (Å²) in [6.45, 7) is 2.71. The molecule has 0 aliphatic carbocycles. The van der Waals surface area contributed by atoms with Crippen molar-refractivity contribution < 1.29 is 14.3 Å². The van der Waals surface area contributed by atoms with E-state index in [1.165, 1.54) is 12.7 Å². The molecule has 0 aliphatic heterocycles. The van der Waals surface area contributed by atoms with Gasteiger partial charge in [-0.15, -0.1) is 0 Å². The number of hydrogen-bond acceptors (Lipinski definition) is 4. The fourth-order valence-corrected chi connectivity index (χ4v) is 1.79. The van der Waals surface area contributed by atoms with Crippen LogP contribution in [0.2, 0.25) is 0 Å². The number of rotatable bonds is 6. The van der Waals surface area contributed by atoms with Crippen LogP contribution >= 0.6 is 0 Å². The molecule has 110 valence electrons. The van der Waals surface area contributed by atoms with E-state index in [-0.39, 0.29) is 12.5 Å². The number of esters is 1. The molecule has 4 nitrogen and oxygen atoms in total. The summed E-state index contributed by atoms with van der Waals surface area (Å²) in [6, 6.07) is 15.7. The highest BCUT2D eigenvalue weighted by Crippen LogP contribution is 2.18. The number of hydrogen-bond donors (Lipinski definition) is 1. The van der Waals surface area contributed by atoms with Crippen LogP contribution in [0.4, 0.5) is 5.69 Å². The smallest absolute Gasteiger partial charge is 0.325 e. The summed E-state index contributed by atoms with van der Waals surface area (Å²) < 4.78 is 10.3. The zero-order valence-corrected chi connectivity index (χ0v) is 12.3. The molecule has 0 spiro atoms. The first-order chi connectivity index (χ1) is 10.2. The van der Waals surface area contributed by atoms with Gasteiger partial charge in [-0.1, -0.05) is 35.9 Å². The molecule has 2 rings (SSSR count). The summed E-state index contributed by atoms with van der Waals surface area (Å²) in [5.74, 6) is 0.450. The van der Waals surface area contributed by atoms with Gasteiger partial charge >= 0.3 is 5.97 Å². The highest BCUT2D eigenvalue weighted by Gasteiger charge is 2.01. The second-order valence-corrected chi connectivity index (χ2v) is 4.73. The summed E-state index contributed by atoms with van der Waals surface area (Å²) in [5.41, 5.74) is 3.17. The molecule has 0 aromatic heterocycles. The third kappa shape index (κ3) is 4.84. The first-order valence-electron chi connectivity index (χ1n) is 6.76. The van der Waals surface area contributed by atoms with Gasteiger partial charge in [-0.25, -0.2) is 0 Å². The second-order valence-electron chi connectivity index (χ2n) is 4.73. The second kappa shape index (κ2) is 7.33. The molecule has 2 aromatic carbocycles. The number of benzene rings is 2. The van der Waals surface area contributed by atoms with Gasteiger partial charge in [0.15, 0.2) is 0 Å². The van der Waals surface area contributed by atoms with Crippen LogP contribution in [0, 0.1) is 6.92 Å². The lowest BCUT2D eigenvalue weighted by atomic mass is 10.2. The van der Waals surface area contributed by atoms with Crippen molar-refractivity contribution in [1.82, 2.24) is 0 Å². The summed E-state index contributed by atoms with van der Waals surface area (Å²) in [6.07, 6.45) is 0. The molecular formula is C17H19NO3. The van der Waals surface area contributed by atoms with E-state index >= 15 is 0 Å². The van der Waals surface area contributed by atoms with E-state index in [1.54, 1.807) is 0 Å². The monoisotopic (exact) mass is 285 g/mol. The van der Waals surface area contributed by atoms with Gasteiger partial charge in [0.1, 0.15) is 18.9 Å². The van der Waals surface area contributed by atoms with Crippen LogP contribution < -0.4 is 10.1 Å². The van der Waals surface area contributed by atoms with Crippen molar-refractivity contribution in [3.8, 4) is 5.75 Å². The maximum atomic E-state index is 11.1. The highest BCUT2D eigenvalue weighted by atomic mass is 16.5. The number of methoxy groups -OCH3 is 1. The fourth-order valence-electron chi connectivity index (χ4n) is 1.79. The molecule has 0 unspecified atom stereocenters. The lowest BCUT2D eigenvalue weighted by molar-refractivity contribution is -0.138. The number of carbonyl (C=O) groups excluding carboxylic acids is 1. The van der Waals surface area contributed by atoms with Crippen LogP contribution in [0.25, 0.3) is 0 Å². The van der Waals surface area contributed by atoms with Gasteiger partial charge in [0, 0.05) is 11.8 Å². The van der Waals surface area contributed by atoms with Gasteiger partial charge in [0.05, 0.1) is 7.11 Å². The van der Waals surface area contributed by atoms with Crippen molar-refractivity contribution in [2.75, 3.05) is 19.0 Å². The number of carbonyl (C=O) groups is 1. The summed E-state index contributed by atoms with van der Waals surface area (Å²) in [5, 5.41) is 2.99. The Bertz CT molecular complexity index is 593. The van der Waals surface area contributed by atoms with Crippen LogP contribution in [0.3, 0.4) is 0 Å². The largest absolute Gasteiger partial charge is 0.489 e. The Balaban J connectivity index is 1.91. The van der Waals surface area contributed by atoms with Crippen molar-refractivity contribution in [1.29, 1.82) is 0 Å². The zero-order chi connectivity index (χ0) is 15.1. The van der Waals surface area contributed by atoms with Crippen molar-refractivity contribution in [3.05, 3.63) is 59.7 Å². The van der Waals surface area contributed by atoms with E-state index in [4.69, 9.17) is 4.74 Å². The Hall–Kier alpha value is -2.49. The van der Waals surface area contributed by atoms with E-state index in [0.29, 0.717) is 6.61 Å². The lowest BCUT2D eigenvalue weighted by Gasteiger charge is -2.09. The van der Waals surface area contributed by atoms with E-state index in [0.717, 1.165) is 17.0 Å². The lowest BCUT2D eigenvalue weighted by Crippen LogP contribution is -2.14. The minimum absolute atomic E-state index is 0.137. The van der Waals surface area contributed by atoms with Crippen molar-refractivity contribution in [3.63, 3.8) is 0 Å². The Morgan fingerprint density at radius 1 is 1.14 bits per heavy atom. The van der Waals surface area contributed by atoms with Gasteiger partial charge in [-0.2, -0.15) is 0 Å². The first kappa shape index (κ1) is 14.9. The van der Waals surface area contributed by atoms with Crippen LogP contribution in [0.1, 0.15) is 11.1 Å². The molecule has 0 saturated heterocycles. The van der Waals surface area contributed by atoms with Crippen LogP contribution in [0.15, 0.2) is 48.5 Å². The molecule has 4 heteroatoms. The maximum Gasteiger partial charge on any atom is 0.325 e. The molecule has 0 atom stereocenters. The summed E-state index contributed by atoms with van der Waals surface area (Å²) >= 11 is 0. The molecule has 0 fully saturated rings. The quantitative estimate of drug-likeness (QED) is 0.828. The molecule has 0 bridgehead atoms. The van der Waals surface area contributed by atoms with E-state index in [2.05, 4.69) is 41.2 Å². The Morgan fingerprint density at radius 3 is 2.62 bits per heavy atom. The van der Waals surface area contributed by atoms with E-state index < -0.39 is 0 Å². The van der Waals surface area contributed by atoms with Crippen molar-refractivity contribution >= 4 is 11.7 Å². The fraction of sp³-hybridized carbons (Fsp3) is 0.235.